The molecule has 1 unspecified atom stereocenters. The van der Waals surface area contributed by atoms with Gasteiger partial charge in [-0.2, -0.15) is 0 Å². The van der Waals surface area contributed by atoms with Gasteiger partial charge in [-0.3, -0.25) is 4.79 Å². The van der Waals surface area contributed by atoms with E-state index < -0.39 is 60.3 Å². The van der Waals surface area contributed by atoms with Gasteiger partial charge in [-0.05, 0) is 74.1 Å². The molecule has 322 valence electrons. The van der Waals surface area contributed by atoms with Gasteiger partial charge < -0.3 is 54.1 Å². The van der Waals surface area contributed by atoms with Crippen molar-refractivity contribution in [2.75, 3.05) is 38.7 Å². The molecule has 0 spiro atoms. The first kappa shape index (κ1) is 44.2. The summed E-state index contributed by atoms with van der Waals surface area (Å²) in [6.07, 6.45) is -5.96. The van der Waals surface area contributed by atoms with Crippen LogP contribution in [0.4, 0.5) is 10.5 Å². The number of hydrogen-bond acceptors (Lipinski definition) is 12. The van der Waals surface area contributed by atoms with Gasteiger partial charge in [0.05, 0.1) is 19.3 Å². The Kier molecular flexibility index (Phi) is 14.0. The number of nitrogens with zero attached hydrogens (tertiary/aromatic N) is 1. The van der Waals surface area contributed by atoms with E-state index in [0.29, 0.717) is 24.0 Å². The lowest BCUT2D eigenvalue weighted by atomic mass is 9.97. The lowest BCUT2D eigenvalue weighted by Gasteiger charge is -2.44. The van der Waals surface area contributed by atoms with Gasteiger partial charge in [-0.25, -0.2) is 14.4 Å². The maximum Gasteiger partial charge on any atom is 0.407 e. The van der Waals surface area contributed by atoms with Crippen molar-refractivity contribution in [3.63, 3.8) is 0 Å². The summed E-state index contributed by atoms with van der Waals surface area (Å²) in [4.78, 5) is 52.4. The first-order valence-corrected chi connectivity index (χ1v) is 20.3. The quantitative estimate of drug-likeness (QED) is 0.0669. The molecule has 2 amide bonds. The van der Waals surface area contributed by atoms with Crippen molar-refractivity contribution in [2.24, 2.45) is 0 Å². The molecule has 2 fully saturated rings. The van der Waals surface area contributed by atoms with Crippen molar-refractivity contribution < 1.29 is 62.7 Å². The number of esters is 2. The van der Waals surface area contributed by atoms with Crippen LogP contribution >= 0.6 is 0 Å². The van der Waals surface area contributed by atoms with Gasteiger partial charge >= 0.3 is 18.0 Å². The van der Waals surface area contributed by atoms with Crippen molar-refractivity contribution in [3.05, 3.63) is 96.1 Å². The Balaban J connectivity index is 1.15. The zero-order chi connectivity index (χ0) is 43.2. The minimum atomic E-state index is -1.85. The van der Waals surface area contributed by atoms with Crippen LogP contribution in [0.2, 0.25) is 0 Å². The summed E-state index contributed by atoms with van der Waals surface area (Å²) in [6.45, 7) is 9.94. The van der Waals surface area contributed by atoms with Crippen molar-refractivity contribution in [1.29, 1.82) is 0 Å². The monoisotopic (exact) mass is 830 g/mol. The molecule has 2 aliphatic heterocycles. The van der Waals surface area contributed by atoms with E-state index in [4.69, 9.17) is 23.7 Å². The van der Waals surface area contributed by atoms with E-state index in [0.717, 1.165) is 40.7 Å². The summed E-state index contributed by atoms with van der Waals surface area (Å²) >= 11 is 0. The molecule has 2 heterocycles. The molecule has 1 aliphatic carbocycles. The van der Waals surface area contributed by atoms with Crippen LogP contribution in [0.25, 0.3) is 11.1 Å². The van der Waals surface area contributed by atoms with Gasteiger partial charge in [-0.1, -0.05) is 61.2 Å². The topological polar surface area (TPSA) is 199 Å². The normalized spacial score (nSPS) is 24.9. The van der Waals surface area contributed by atoms with E-state index in [-0.39, 0.29) is 49.5 Å². The summed E-state index contributed by atoms with van der Waals surface area (Å²) < 4.78 is 28.4. The zero-order valence-corrected chi connectivity index (χ0v) is 34.5. The number of likely N-dealkylation sites (N-methyl/N-ethyl adjacent to an activating group) is 1. The zero-order valence-electron chi connectivity index (χ0n) is 34.5. The number of amides is 2. The smallest absolute Gasteiger partial charge is 0.407 e. The number of carbonyl (C=O) groups excluding carboxylic acids is 4. The predicted molar refractivity (Wildman–Crippen MR) is 219 cm³/mol. The predicted octanol–water partition coefficient (Wildman–Crippen LogP) is 4.31. The molecule has 5 N–H and O–H groups in total. The van der Waals surface area contributed by atoms with Gasteiger partial charge in [0.2, 0.25) is 12.2 Å². The third kappa shape index (κ3) is 10.3. The SMILES string of the molecule is C=CCOC(=O)[C@H]1O[C@@H](Oc2ccc(C[N+]3(C)CCCC[C@@H]3C(=O)OC(C)(C)C)cc2NC(=O)CCNC(=O)OCC2c3ccccc3-c3ccccc32)[C@H](O)[C@@H](O)[C@@H]1O. The molecule has 3 aliphatic rings. The largest absolute Gasteiger partial charge is 0.460 e. The molecular weight excluding hydrogens is 775 g/mol. The standard InChI is InChI=1S/C45H55N3O12/c1-6-23-56-42(54)40-38(51)37(50)39(52)43(59-40)58-35-19-18-27(25-48(5)22-12-11-17-34(48)41(53)60-45(2,3)4)24-33(35)47-36(49)20-21-46-44(55)57-26-32-30-15-9-7-13-28(30)29-14-8-10-16-31(29)32/h6-10,13-16,18-19,24,32,34,37-40,43,50-52H,1,11-12,17,20-23,25-26H2,2-5H3,(H-,46,47,49,55)/p+1/t34-,37+,38+,39-,40+,43-,48?/m1/s1. The first-order valence-electron chi connectivity index (χ1n) is 20.3. The van der Waals surface area contributed by atoms with Gasteiger partial charge in [-0.15, -0.1) is 0 Å². The number of hydrogen-bond donors (Lipinski definition) is 5. The Labute approximate surface area is 349 Å². The number of fused-ring (bicyclic) bond motifs is 3. The van der Waals surface area contributed by atoms with Crippen LogP contribution in [-0.2, 0) is 39.9 Å². The van der Waals surface area contributed by atoms with Crippen LogP contribution in [0.1, 0.15) is 69.1 Å². The van der Waals surface area contributed by atoms with Crippen LogP contribution < -0.4 is 15.4 Å². The molecule has 0 aromatic heterocycles. The van der Waals surface area contributed by atoms with E-state index in [1.807, 2.05) is 76.3 Å². The molecule has 0 radical (unpaired) electrons. The van der Waals surface area contributed by atoms with Crippen molar-refractivity contribution in [3.8, 4) is 16.9 Å². The fourth-order valence-electron chi connectivity index (χ4n) is 8.13. The first-order chi connectivity index (χ1) is 28.6. The third-order valence-electron chi connectivity index (χ3n) is 11.0. The second kappa shape index (κ2) is 18.9. The summed E-state index contributed by atoms with van der Waals surface area (Å²) in [5.41, 5.74) is 4.57. The lowest BCUT2D eigenvalue weighted by molar-refractivity contribution is -0.942. The number of nitrogens with one attached hydrogen (secondary N) is 2. The van der Waals surface area contributed by atoms with Crippen LogP contribution in [0.15, 0.2) is 79.4 Å². The second-order valence-electron chi connectivity index (χ2n) is 16.7. The van der Waals surface area contributed by atoms with E-state index in [1.165, 1.54) is 12.1 Å². The van der Waals surface area contributed by atoms with Crippen LogP contribution in [0, 0.1) is 0 Å². The molecule has 3 aromatic carbocycles. The highest BCUT2D eigenvalue weighted by atomic mass is 16.7. The number of benzene rings is 3. The maximum absolute atomic E-state index is 13.5. The number of likely N-dealkylation sites (tertiary alicyclic amines) is 1. The molecule has 0 saturated carbocycles. The summed E-state index contributed by atoms with van der Waals surface area (Å²) in [7, 11) is 2.00. The average molecular weight is 831 g/mol. The van der Waals surface area contributed by atoms with Crippen molar-refractivity contribution in [2.45, 2.75) is 101 Å². The van der Waals surface area contributed by atoms with E-state index >= 15 is 0 Å². The van der Waals surface area contributed by atoms with Gasteiger partial charge in [0, 0.05) is 30.9 Å². The third-order valence-corrected chi connectivity index (χ3v) is 11.0. The number of quaternary nitrogens is 1. The van der Waals surface area contributed by atoms with Gasteiger partial charge in [0.1, 0.15) is 49.4 Å². The molecule has 2 saturated heterocycles. The average Bonchev–Trinajstić information content (AvgIpc) is 3.52. The van der Waals surface area contributed by atoms with Crippen LogP contribution in [0.3, 0.4) is 0 Å². The number of aliphatic hydroxyl groups excluding tert-OH is 3. The Morgan fingerprint density at radius 1 is 0.900 bits per heavy atom. The van der Waals surface area contributed by atoms with E-state index in [2.05, 4.69) is 17.2 Å². The molecule has 15 nitrogen and oxygen atoms in total. The molecule has 15 heteroatoms. The number of aliphatic hydroxyl groups is 3. The minimum absolute atomic E-state index is 0.00688. The summed E-state index contributed by atoms with van der Waals surface area (Å²) in [6, 6.07) is 20.5. The number of anilines is 1. The highest BCUT2D eigenvalue weighted by molar-refractivity contribution is 5.92. The Morgan fingerprint density at radius 3 is 2.25 bits per heavy atom. The molecule has 3 aromatic rings. The number of piperidine rings is 1. The fourth-order valence-corrected chi connectivity index (χ4v) is 8.13. The molecule has 7 atom stereocenters. The second-order valence-corrected chi connectivity index (χ2v) is 16.7. The minimum Gasteiger partial charge on any atom is -0.460 e. The highest BCUT2D eigenvalue weighted by Crippen LogP contribution is 2.44. The van der Waals surface area contributed by atoms with Crippen molar-refractivity contribution >= 4 is 29.6 Å². The Bertz CT molecular complexity index is 2010. The fraction of sp³-hybridized carbons (Fsp3) is 0.467. The number of carbonyl (C=O) groups is 4. The summed E-state index contributed by atoms with van der Waals surface area (Å²) in [5.74, 6) is -1.92. The van der Waals surface area contributed by atoms with E-state index in [1.54, 1.807) is 12.1 Å². The van der Waals surface area contributed by atoms with Crippen LogP contribution in [0.5, 0.6) is 5.75 Å². The highest BCUT2D eigenvalue weighted by Gasteiger charge is 2.49. The molecule has 0 bridgehead atoms. The molecular formula is C45H56N3O12+. The Morgan fingerprint density at radius 2 is 1.58 bits per heavy atom. The summed E-state index contributed by atoms with van der Waals surface area (Å²) in [5, 5.41) is 37.5. The molecule has 60 heavy (non-hydrogen) atoms. The van der Waals surface area contributed by atoms with Crippen molar-refractivity contribution in [1.82, 2.24) is 5.32 Å². The molecule has 6 rings (SSSR count). The number of ether oxygens (including phenoxy) is 5. The number of alkyl carbamates (subject to hydrolysis) is 1. The number of rotatable bonds is 14. The van der Waals surface area contributed by atoms with Gasteiger partial charge in [0.15, 0.2) is 12.1 Å². The lowest BCUT2D eigenvalue weighted by Crippen LogP contribution is -2.61. The van der Waals surface area contributed by atoms with E-state index in [9.17, 15) is 34.5 Å². The van der Waals surface area contributed by atoms with Crippen LogP contribution in [-0.4, -0.2) is 119 Å². The van der Waals surface area contributed by atoms with Gasteiger partial charge in [0.25, 0.3) is 0 Å². The maximum atomic E-state index is 13.5. The Hall–Kier alpha value is -5.32.